The van der Waals surface area contributed by atoms with E-state index >= 15 is 0 Å². The van der Waals surface area contributed by atoms with Crippen LogP contribution >= 0.6 is 0 Å². The van der Waals surface area contributed by atoms with Crippen LogP contribution in [0.25, 0.3) is 0 Å². The van der Waals surface area contributed by atoms with Crippen molar-refractivity contribution in [2.24, 2.45) is 0 Å². The van der Waals surface area contributed by atoms with E-state index in [-0.39, 0.29) is 17.6 Å². The highest BCUT2D eigenvalue weighted by atomic mass is 19.4. The smallest absolute Gasteiger partial charge is 0.422 e. The maximum Gasteiger partial charge on any atom is 0.422 e. The SMILES string of the molecule is FC(F)(F)COc1nc(NCCCCc2ccccc2)nc(Nc2cccc(C(F)(F)F)c2)n1. The third-order valence-electron chi connectivity index (χ3n) is 4.44. The molecule has 1 aromatic heterocycles. The van der Waals surface area contributed by atoms with Crippen LogP contribution in [0.5, 0.6) is 6.01 Å². The Balaban J connectivity index is 1.68. The van der Waals surface area contributed by atoms with E-state index in [0.29, 0.717) is 6.54 Å². The first kappa shape index (κ1) is 25.1. The molecule has 0 aliphatic rings. The monoisotopic (exact) mass is 485 g/mol. The highest BCUT2D eigenvalue weighted by Crippen LogP contribution is 2.31. The van der Waals surface area contributed by atoms with Crippen molar-refractivity contribution in [1.82, 2.24) is 15.0 Å². The standard InChI is InChI=1S/C22H21F6N5O/c23-21(24,25)14-34-20-32-18(29-12-5-4-9-15-7-2-1-3-8-15)31-19(33-20)30-17-11-6-10-16(13-17)22(26,27)28/h1-3,6-8,10-11,13H,4-5,9,12,14H2,(H2,29,30,31,32,33). The van der Waals surface area contributed by atoms with Gasteiger partial charge in [0.1, 0.15) is 0 Å². The van der Waals surface area contributed by atoms with Gasteiger partial charge in [0.15, 0.2) is 6.61 Å². The van der Waals surface area contributed by atoms with Crippen LogP contribution in [0.15, 0.2) is 54.6 Å². The molecule has 0 fully saturated rings. The number of rotatable bonds is 10. The van der Waals surface area contributed by atoms with Gasteiger partial charge in [0.05, 0.1) is 5.56 Å². The molecule has 0 bridgehead atoms. The maximum absolute atomic E-state index is 13.0. The quantitative estimate of drug-likeness (QED) is 0.271. The van der Waals surface area contributed by atoms with E-state index in [1.807, 2.05) is 30.3 Å². The molecule has 1 heterocycles. The van der Waals surface area contributed by atoms with Crippen LogP contribution in [0.2, 0.25) is 0 Å². The predicted molar refractivity (Wildman–Crippen MR) is 114 cm³/mol. The second kappa shape index (κ2) is 11.0. The zero-order valence-electron chi connectivity index (χ0n) is 17.7. The Morgan fingerprint density at radius 3 is 2.24 bits per heavy atom. The van der Waals surface area contributed by atoms with E-state index in [4.69, 9.17) is 0 Å². The first-order valence-corrected chi connectivity index (χ1v) is 10.3. The lowest BCUT2D eigenvalue weighted by molar-refractivity contribution is -0.154. The highest BCUT2D eigenvalue weighted by Gasteiger charge is 2.31. The summed E-state index contributed by atoms with van der Waals surface area (Å²) in [5.41, 5.74) is 0.270. The van der Waals surface area contributed by atoms with E-state index in [2.05, 4.69) is 30.3 Å². The molecule has 0 spiro atoms. The van der Waals surface area contributed by atoms with Crippen molar-refractivity contribution in [2.75, 3.05) is 23.8 Å². The molecule has 0 amide bonds. The van der Waals surface area contributed by atoms with Crippen LogP contribution in [0.3, 0.4) is 0 Å². The summed E-state index contributed by atoms with van der Waals surface area (Å²) in [5, 5.41) is 5.44. The van der Waals surface area contributed by atoms with Crippen LogP contribution in [-0.4, -0.2) is 34.3 Å². The van der Waals surface area contributed by atoms with Crippen molar-refractivity contribution in [2.45, 2.75) is 31.6 Å². The Morgan fingerprint density at radius 1 is 0.794 bits per heavy atom. The van der Waals surface area contributed by atoms with Crippen LogP contribution in [0.4, 0.5) is 43.9 Å². The molecule has 2 N–H and O–H groups in total. The van der Waals surface area contributed by atoms with E-state index in [1.165, 1.54) is 17.7 Å². The largest absolute Gasteiger partial charge is 0.454 e. The van der Waals surface area contributed by atoms with Gasteiger partial charge in [-0.25, -0.2) is 0 Å². The van der Waals surface area contributed by atoms with Crippen LogP contribution in [0, 0.1) is 0 Å². The van der Waals surface area contributed by atoms with Gasteiger partial charge in [0.25, 0.3) is 0 Å². The molecule has 0 saturated heterocycles. The zero-order valence-corrected chi connectivity index (χ0v) is 17.7. The van der Waals surface area contributed by atoms with Gasteiger partial charge >= 0.3 is 18.4 Å². The lowest BCUT2D eigenvalue weighted by Gasteiger charge is -2.13. The van der Waals surface area contributed by atoms with E-state index in [9.17, 15) is 26.3 Å². The number of halogens is 6. The third kappa shape index (κ3) is 8.41. The lowest BCUT2D eigenvalue weighted by Crippen LogP contribution is -2.21. The van der Waals surface area contributed by atoms with E-state index < -0.39 is 30.5 Å². The predicted octanol–water partition coefficient (Wildman–Crippen LogP) is 6.01. The van der Waals surface area contributed by atoms with E-state index in [0.717, 1.165) is 31.4 Å². The molecule has 182 valence electrons. The van der Waals surface area contributed by atoms with E-state index in [1.54, 1.807) is 0 Å². The number of hydrogen-bond donors (Lipinski definition) is 2. The van der Waals surface area contributed by atoms with Crippen LogP contribution < -0.4 is 15.4 Å². The second-order valence-corrected chi connectivity index (χ2v) is 7.24. The molecule has 0 atom stereocenters. The Labute approximate surface area is 191 Å². The van der Waals surface area contributed by atoms with Gasteiger partial charge in [-0.2, -0.15) is 41.3 Å². The Bertz CT molecular complexity index is 1060. The van der Waals surface area contributed by atoms with Gasteiger partial charge in [0.2, 0.25) is 11.9 Å². The normalized spacial score (nSPS) is 11.8. The van der Waals surface area contributed by atoms with Gasteiger partial charge in [-0.3, -0.25) is 0 Å². The van der Waals surface area contributed by atoms with Crippen molar-refractivity contribution in [3.63, 3.8) is 0 Å². The summed E-state index contributed by atoms with van der Waals surface area (Å²) in [6.07, 6.45) is -6.77. The number of ether oxygens (including phenoxy) is 1. The van der Waals surface area contributed by atoms with Gasteiger partial charge in [-0.15, -0.1) is 0 Å². The number of benzene rings is 2. The van der Waals surface area contributed by atoms with Crippen LogP contribution in [0.1, 0.15) is 24.0 Å². The minimum absolute atomic E-state index is 0.00314. The maximum atomic E-state index is 13.0. The van der Waals surface area contributed by atoms with Gasteiger partial charge < -0.3 is 15.4 Å². The number of aryl methyl sites for hydroxylation is 1. The number of nitrogens with one attached hydrogen (secondary N) is 2. The summed E-state index contributed by atoms with van der Waals surface area (Å²) >= 11 is 0. The second-order valence-electron chi connectivity index (χ2n) is 7.24. The molecule has 12 heteroatoms. The first-order chi connectivity index (χ1) is 16.1. The summed E-state index contributed by atoms with van der Waals surface area (Å²) < 4.78 is 81.1. The first-order valence-electron chi connectivity index (χ1n) is 10.3. The van der Waals surface area contributed by atoms with Gasteiger partial charge in [-0.1, -0.05) is 36.4 Å². The molecule has 0 saturated carbocycles. The topological polar surface area (TPSA) is 72.0 Å². The fraction of sp³-hybridized carbons (Fsp3) is 0.318. The Hall–Kier alpha value is -3.57. The average Bonchev–Trinajstić information content (AvgIpc) is 2.77. The van der Waals surface area contributed by atoms with Crippen molar-refractivity contribution in [3.05, 3.63) is 65.7 Å². The molecule has 0 radical (unpaired) electrons. The van der Waals surface area contributed by atoms with Crippen molar-refractivity contribution < 1.29 is 31.1 Å². The Morgan fingerprint density at radius 2 is 1.53 bits per heavy atom. The summed E-state index contributed by atoms with van der Waals surface area (Å²) in [6.45, 7) is -1.21. The number of anilines is 3. The lowest BCUT2D eigenvalue weighted by atomic mass is 10.1. The minimum atomic E-state index is -4.62. The zero-order chi connectivity index (χ0) is 24.6. The van der Waals surface area contributed by atoms with Crippen molar-refractivity contribution in [3.8, 4) is 6.01 Å². The summed E-state index contributed by atoms with van der Waals surface area (Å²) in [7, 11) is 0. The number of unbranched alkanes of at least 4 members (excludes halogenated alkanes) is 1. The molecular formula is C22H21F6N5O. The minimum Gasteiger partial charge on any atom is -0.454 e. The Kier molecular flexibility index (Phi) is 8.13. The fourth-order valence-corrected chi connectivity index (χ4v) is 2.90. The fourth-order valence-electron chi connectivity index (χ4n) is 2.90. The molecule has 34 heavy (non-hydrogen) atoms. The summed E-state index contributed by atoms with van der Waals surface area (Å²) in [5.74, 6) is -0.334. The summed E-state index contributed by atoms with van der Waals surface area (Å²) in [4.78, 5) is 11.6. The van der Waals surface area contributed by atoms with Gasteiger partial charge in [0, 0.05) is 12.2 Å². The third-order valence-corrected chi connectivity index (χ3v) is 4.44. The summed E-state index contributed by atoms with van der Waals surface area (Å²) in [6, 6.07) is 13.5. The molecule has 3 aromatic rings. The average molecular weight is 485 g/mol. The molecule has 6 nitrogen and oxygen atoms in total. The van der Waals surface area contributed by atoms with Crippen molar-refractivity contribution >= 4 is 17.6 Å². The number of alkyl halides is 6. The van der Waals surface area contributed by atoms with Crippen LogP contribution in [-0.2, 0) is 12.6 Å². The molecule has 2 aromatic carbocycles. The molecule has 0 aliphatic carbocycles. The highest BCUT2D eigenvalue weighted by molar-refractivity contribution is 5.55. The molecule has 3 rings (SSSR count). The molecular weight excluding hydrogens is 464 g/mol. The number of aromatic nitrogens is 3. The molecule has 0 unspecified atom stereocenters. The number of nitrogens with zero attached hydrogens (tertiary/aromatic N) is 3. The van der Waals surface area contributed by atoms with Gasteiger partial charge in [-0.05, 0) is 43.0 Å². The molecule has 0 aliphatic heterocycles. The number of hydrogen-bond acceptors (Lipinski definition) is 6. The van der Waals surface area contributed by atoms with Crippen molar-refractivity contribution in [1.29, 1.82) is 0 Å².